The highest BCUT2D eigenvalue weighted by Gasteiger charge is 2.34. The van der Waals surface area contributed by atoms with Crippen LogP contribution in [-0.4, -0.2) is 40.3 Å². The maximum absolute atomic E-state index is 10.9. The monoisotopic (exact) mass is 312 g/mol. The van der Waals surface area contributed by atoms with Crippen LogP contribution in [0.15, 0.2) is 48.8 Å². The third kappa shape index (κ3) is 4.30. The van der Waals surface area contributed by atoms with E-state index in [9.17, 15) is 5.11 Å². The number of rotatable bonds is 5. The summed E-state index contributed by atoms with van der Waals surface area (Å²) >= 11 is 0. The molecule has 1 aromatic carbocycles. The van der Waals surface area contributed by atoms with Crippen LogP contribution >= 0.6 is 0 Å². The van der Waals surface area contributed by atoms with Gasteiger partial charge in [0.2, 0.25) is 0 Å². The first-order valence-corrected chi connectivity index (χ1v) is 8.17. The van der Waals surface area contributed by atoms with E-state index in [2.05, 4.69) is 16.0 Å². The van der Waals surface area contributed by atoms with Gasteiger partial charge in [0.25, 0.3) is 0 Å². The van der Waals surface area contributed by atoms with E-state index in [1.165, 1.54) is 5.56 Å². The summed E-state index contributed by atoms with van der Waals surface area (Å²) in [6, 6.07) is 12.0. The minimum Gasteiger partial charge on any atom is -0.490 e. The highest BCUT2D eigenvalue weighted by Crippen LogP contribution is 2.25. The number of para-hydroxylation sites is 1. The molecule has 0 saturated carbocycles. The van der Waals surface area contributed by atoms with Crippen molar-refractivity contribution >= 4 is 0 Å². The number of β-amino-alcohol motifs (C(OH)–C–C–N with tert-alkyl or cyclic N) is 1. The van der Waals surface area contributed by atoms with Gasteiger partial charge in [-0.3, -0.25) is 9.88 Å². The second-order valence-corrected chi connectivity index (χ2v) is 6.45. The molecule has 0 bridgehead atoms. The molecular weight excluding hydrogens is 288 g/mol. The van der Waals surface area contributed by atoms with Crippen molar-refractivity contribution in [1.82, 2.24) is 9.88 Å². The highest BCUT2D eigenvalue weighted by molar-refractivity contribution is 5.31. The Bertz CT molecular complexity index is 632. The number of aliphatic hydroxyl groups is 1. The largest absolute Gasteiger partial charge is 0.490 e. The Morgan fingerprint density at radius 3 is 2.91 bits per heavy atom. The predicted molar refractivity (Wildman–Crippen MR) is 90.4 cm³/mol. The number of hydrogen-bond acceptors (Lipinski definition) is 4. The fourth-order valence-electron chi connectivity index (χ4n) is 3.14. The van der Waals surface area contributed by atoms with E-state index in [1.807, 2.05) is 43.5 Å². The summed E-state index contributed by atoms with van der Waals surface area (Å²) in [5.41, 5.74) is 1.48. The maximum atomic E-state index is 10.9. The van der Waals surface area contributed by atoms with Gasteiger partial charge in [0.15, 0.2) is 0 Å². The molecular formula is C19H24N2O2. The SMILES string of the molecule is Cc1ccccc1OC[C@]1(O)CCCN(Cc2cccnc2)C1. The number of nitrogens with zero attached hydrogens (tertiary/aromatic N) is 2. The fraction of sp³-hybridized carbons (Fsp3) is 0.421. The molecule has 0 amide bonds. The van der Waals surface area contributed by atoms with Crippen molar-refractivity contribution in [3.05, 3.63) is 59.9 Å². The Labute approximate surface area is 137 Å². The van der Waals surface area contributed by atoms with E-state index in [0.717, 1.165) is 37.2 Å². The van der Waals surface area contributed by atoms with Crippen LogP contribution in [0.2, 0.25) is 0 Å². The molecule has 4 nitrogen and oxygen atoms in total. The molecule has 1 atom stereocenters. The molecule has 0 aliphatic carbocycles. The Balaban J connectivity index is 1.59. The summed E-state index contributed by atoms with van der Waals surface area (Å²) in [5.74, 6) is 0.852. The molecule has 0 radical (unpaired) electrons. The number of ether oxygens (including phenoxy) is 1. The van der Waals surface area contributed by atoms with Crippen LogP contribution in [0.5, 0.6) is 5.75 Å². The van der Waals surface area contributed by atoms with Crippen molar-refractivity contribution < 1.29 is 9.84 Å². The van der Waals surface area contributed by atoms with Gasteiger partial charge in [0, 0.05) is 25.5 Å². The summed E-state index contributed by atoms with van der Waals surface area (Å²) in [6.07, 6.45) is 5.43. The van der Waals surface area contributed by atoms with Gasteiger partial charge in [0.05, 0.1) is 0 Å². The van der Waals surface area contributed by atoms with Gasteiger partial charge < -0.3 is 9.84 Å². The summed E-state index contributed by atoms with van der Waals surface area (Å²) in [6.45, 7) is 4.81. The number of likely N-dealkylation sites (tertiary alicyclic amines) is 1. The lowest BCUT2D eigenvalue weighted by atomic mass is 9.93. The van der Waals surface area contributed by atoms with Gasteiger partial charge in [-0.2, -0.15) is 0 Å². The average Bonchev–Trinajstić information content (AvgIpc) is 2.55. The van der Waals surface area contributed by atoms with Crippen molar-refractivity contribution in [2.24, 2.45) is 0 Å². The molecule has 1 fully saturated rings. The van der Waals surface area contributed by atoms with Gasteiger partial charge in [-0.05, 0) is 49.6 Å². The van der Waals surface area contributed by atoms with Crippen LogP contribution in [-0.2, 0) is 6.54 Å². The molecule has 0 unspecified atom stereocenters. The van der Waals surface area contributed by atoms with Crippen LogP contribution in [0.25, 0.3) is 0 Å². The number of piperidine rings is 1. The van der Waals surface area contributed by atoms with E-state index in [4.69, 9.17) is 4.74 Å². The molecule has 1 saturated heterocycles. The first-order chi connectivity index (χ1) is 11.1. The molecule has 2 heterocycles. The van der Waals surface area contributed by atoms with Crippen molar-refractivity contribution in [2.75, 3.05) is 19.7 Å². The first-order valence-electron chi connectivity index (χ1n) is 8.17. The first kappa shape index (κ1) is 16.0. The van der Waals surface area contributed by atoms with Crippen molar-refractivity contribution in [1.29, 1.82) is 0 Å². The lowest BCUT2D eigenvalue weighted by molar-refractivity contribution is -0.0622. The Morgan fingerprint density at radius 2 is 2.13 bits per heavy atom. The number of pyridine rings is 1. The third-order valence-electron chi connectivity index (χ3n) is 4.35. The molecule has 1 aliphatic rings. The smallest absolute Gasteiger partial charge is 0.122 e. The predicted octanol–water partition coefficient (Wildman–Crippen LogP) is 2.80. The van der Waals surface area contributed by atoms with Crippen molar-refractivity contribution in [3.8, 4) is 5.75 Å². The van der Waals surface area contributed by atoms with Gasteiger partial charge in [0.1, 0.15) is 18.0 Å². The lowest BCUT2D eigenvalue weighted by Crippen LogP contribution is -2.51. The molecule has 0 spiro atoms. The molecule has 122 valence electrons. The maximum Gasteiger partial charge on any atom is 0.122 e. The highest BCUT2D eigenvalue weighted by atomic mass is 16.5. The summed E-state index contributed by atoms with van der Waals surface area (Å²) in [7, 11) is 0. The zero-order valence-corrected chi connectivity index (χ0v) is 13.6. The standard InChI is InChI=1S/C19H24N2O2/c1-16-6-2-3-8-18(16)23-15-19(22)9-5-11-21(14-19)13-17-7-4-10-20-12-17/h2-4,6-8,10,12,22H,5,9,11,13-15H2,1H3/t19-/m0/s1. The van der Waals surface area contributed by atoms with Crippen molar-refractivity contribution in [3.63, 3.8) is 0 Å². The van der Waals surface area contributed by atoms with E-state index in [1.54, 1.807) is 6.20 Å². The van der Waals surface area contributed by atoms with Gasteiger partial charge in [-0.15, -0.1) is 0 Å². The van der Waals surface area contributed by atoms with Crippen LogP contribution in [0.4, 0.5) is 0 Å². The number of aryl methyl sites for hydroxylation is 1. The average molecular weight is 312 g/mol. The van der Waals surface area contributed by atoms with Gasteiger partial charge >= 0.3 is 0 Å². The molecule has 1 aliphatic heterocycles. The minimum atomic E-state index is -0.789. The minimum absolute atomic E-state index is 0.335. The Kier molecular flexibility index (Phi) is 4.94. The van der Waals surface area contributed by atoms with Crippen LogP contribution in [0, 0.1) is 6.92 Å². The number of aromatic nitrogens is 1. The molecule has 1 aromatic heterocycles. The zero-order chi connectivity index (χ0) is 16.1. The second kappa shape index (κ2) is 7.11. The Morgan fingerprint density at radius 1 is 1.26 bits per heavy atom. The quantitative estimate of drug-likeness (QED) is 0.922. The topological polar surface area (TPSA) is 45.6 Å². The van der Waals surface area contributed by atoms with Gasteiger partial charge in [-0.1, -0.05) is 24.3 Å². The molecule has 3 rings (SSSR count). The normalized spacial score (nSPS) is 22.0. The molecule has 23 heavy (non-hydrogen) atoms. The Hall–Kier alpha value is -1.91. The molecule has 2 aromatic rings. The van der Waals surface area contributed by atoms with Crippen molar-refractivity contribution in [2.45, 2.75) is 31.9 Å². The number of benzene rings is 1. The van der Waals surface area contributed by atoms with Crippen LogP contribution in [0.3, 0.4) is 0 Å². The van der Waals surface area contributed by atoms with Crippen LogP contribution in [0.1, 0.15) is 24.0 Å². The fourth-order valence-corrected chi connectivity index (χ4v) is 3.14. The zero-order valence-electron chi connectivity index (χ0n) is 13.6. The van der Waals surface area contributed by atoms with Gasteiger partial charge in [-0.25, -0.2) is 0 Å². The van der Waals surface area contributed by atoms with E-state index in [-0.39, 0.29) is 0 Å². The van der Waals surface area contributed by atoms with E-state index >= 15 is 0 Å². The molecule has 1 N–H and O–H groups in total. The van der Waals surface area contributed by atoms with Crippen LogP contribution < -0.4 is 4.74 Å². The second-order valence-electron chi connectivity index (χ2n) is 6.45. The lowest BCUT2D eigenvalue weighted by Gasteiger charge is -2.39. The summed E-state index contributed by atoms with van der Waals surface area (Å²) in [5, 5.41) is 10.9. The number of hydrogen-bond donors (Lipinski definition) is 1. The summed E-state index contributed by atoms with van der Waals surface area (Å²) < 4.78 is 5.89. The summed E-state index contributed by atoms with van der Waals surface area (Å²) in [4.78, 5) is 6.44. The molecule has 4 heteroatoms. The third-order valence-corrected chi connectivity index (χ3v) is 4.35. The van der Waals surface area contributed by atoms with E-state index < -0.39 is 5.60 Å². The van der Waals surface area contributed by atoms with E-state index in [0.29, 0.717) is 13.2 Å².